The van der Waals surface area contributed by atoms with Gasteiger partial charge in [-0.3, -0.25) is 4.79 Å². The lowest BCUT2D eigenvalue weighted by atomic mass is 10.2. The molecule has 2 rings (SSSR count). The van der Waals surface area contributed by atoms with Gasteiger partial charge in [-0.05, 0) is 52.3 Å². The summed E-state index contributed by atoms with van der Waals surface area (Å²) in [6.45, 7) is 0. The van der Waals surface area contributed by atoms with Crippen molar-refractivity contribution in [3.05, 3.63) is 61.7 Å². The Labute approximate surface area is 131 Å². The maximum absolute atomic E-state index is 13.4. The molecule has 2 aromatic carbocycles. The van der Waals surface area contributed by atoms with E-state index in [-0.39, 0.29) is 5.56 Å². The van der Waals surface area contributed by atoms with E-state index < -0.39 is 11.7 Å². The number of carbonyl (C=O) groups excluding carboxylic acids is 1. The standard InChI is InChI=1S/C13H7Br2ClFNO/c14-8-2-4-12(10(16)6-8)18-13(19)7-1-3-9(15)11(17)5-7/h1-6H,(H,18,19). The molecule has 0 atom stereocenters. The third kappa shape index (κ3) is 3.55. The molecular weight excluding hydrogens is 400 g/mol. The third-order valence-corrected chi connectivity index (χ3v) is 3.81. The number of hydrogen-bond donors (Lipinski definition) is 1. The van der Waals surface area contributed by atoms with E-state index in [1.807, 2.05) is 0 Å². The smallest absolute Gasteiger partial charge is 0.255 e. The Kier molecular flexibility index (Phi) is 4.60. The molecule has 0 saturated carbocycles. The Morgan fingerprint density at radius 1 is 1.16 bits per heavy atom. The summed E-state index contributed by atoms with van der Waals surface area (Å²) in [5.74, 6) is -0.912. The molecule has 0 saturated heterocycles. The highest BCUT2D eigenvalue weighted by molar-refractivity contribution is 9.10. The summed E-state index contributed by atoms with van der Waals surface area (Å²) in [6, 6.07) is 9.25. The number of nitrogens with one attached hydrogen (secondary N) is 1. The van der Waals surface area contributed by atoms with Gasteiger partial charge < -0.3 is 5.32 Å². The van der Waals surface area contributed by atoms with E-state index in [9.17, 15) is 9.18 Å². The average molecular weight is 407 g/mol. The van der Waals surface area contributed by atoms with Crippen LogP contribution in [-0.4, -0.2) is 5.91 Å². The first kappa shape index (κ1) is 14.5. The summed E-state index contributed by atoms with van der Waals surface area (Å²) in [4.78, 5) is 12.0. The summed E-state index contributed by atoms with van der Waals surface area (Å²) >= 11 is 12.3. The van der Waals surface area contributed by atoms with Crippen molar-refractivity contribution in [3.63, 3.8) is 0 Å². The molecule has 0 heterocycles. The maximum Gasteiger partial charge on any atom is 0.255 e. The van der Waals surface area contributed by atoms with E-state index in [1.165, 1.54) is 12.1 Å². The van der Waals surface area contributed by atoms with Crippen LogP contribution < -0.4 is 5.32 Å². The van der Waals surface area contributed by atoms with Crippen molar-refractivity contribution < 1.29 is 9.18 Å². The fourth-order valence-corrected chi connectivity index (χ4v) is 2.39. The Bertz CT molecular complexity index is 649. The van der Waals surface area contributed by atoms with Crippen LogP contribution in [0.15, 0.2) is 45.3 Å². The van der Waals surface area contributed by atoms with Crippen LogP contribution in [0.5, 0.6) is 0 Å². The zero-order chi connectivity index (χ0) is 14.0. The van der Waals surface area contributed by atoms with E-state index in [0.717, 1.165) is 10.5 Å². The average Bonchev–Trinajstić information content (AvgIpc) is 2.36. The second-order valence-corrected chi connectivity index (χ2v) is 5.88. The van der Waals surface area contributed by atoms with Crippen molar-refractivity contribution in [1.29, 1.82) is 0 Å². The zero-order valence-corrected chi connectivity index (χ0v) is 13.3. The lowest BCUT2D eigenvalue weighted by molar-refractivity contribution is 0.102. The molecule has 0 aliphatic heterocycles. The molecular formula is C13H7Br2ClFNO. The highest BCUT2D eigenvalue weighted by Crippen LogP contribution is 2.26. The van der Waals surface area contributed by atoms with Crippen molar-refractivity contribution >= 4 is 55.1 Å². The van der Waals surface area contributed by atoms with Gasteiger partial charge in [0.2, 0.25) is 0 Å². The molecule has 2 nitrogen and oxygen atoms in total. The minimum absolute atomic E-state index is 0.222. The molecule has 0 fully saturated rings. The van der Waals surface area contributed by atoms with Gasteiger partial charge in [0.05, 0.1) is 15.2 Å². The number of benzene rings is 2. The van der Waals surface area contributed by atoms with Gasteiger partial charge in [-0.1, -0.05) is 27.5 Å². The van der Waals surface area contributed by atoms with Gasteiger partial charge in [-0.15, -0.1) is 0 Å². The Balaban J connectivity index is 2.23. The van der Waals surface area contributed by atoms with Crippen molar-refractivity contribution in [2.45, 2.75) is 0 Å². The van der Waals surface area contributed by atoms with Gasteiger partial charge in [0.15, 0.2) is 0 Å². The minimum Gasteiger partial charge on any atom is -0.321 e. The molecule has 98 valence electrons. The first-order valence-electron chi connectivity index (χ1n) is 5.19. The molecule has 0 spiro atoms. The maximum atomic E-state index is 13.4. The largest absolute Gasteiger partial charge is 0.321 e. The highest BCUT2D eigenvalue weighted by Gasteiger charge is 2.10. The molecule has 0 aromatic heterocycles. The van der Waals surface area contributed by atoms with Gasteiger partial charge in [0, 0.05) is 10.0 Å². The molecule has 0 unspecified atom stereocenters. The number of hydrogen-bond acceptors (Lipinski definition) is 1. The molecule has 2 aromatic rings. The summed E-state index contributed by atoms with van der Waals surface area (Å²) in [6.07, 6.45) is 0. The molecule has 0 bridgehead atoms. The van der Waals surface area contributed by atoms with Crippen LogP contribution in [0, 0.1) is 5.82 Å². The van der Waals surface area contributed by atoms with Gasteiger partial charge in [0.25, 0.3) is 5.91 Å². The van der Waals surface area contributed by atoms with Crippen molar-refractivity contribution in [1.82, 2.24) is 0 Å². The van der Waals surface area contributed by atoms with Crippen LogP contribution in [0.3, 0.4) is 0 Å². The van der Waals surface area contributed by atoms with Gasteiger partial charge in [-0.2, -0.15) is 0 Å². The first-order chi connectivity index (χ1) is 8.97. The lowest BCUT2D eigenvalue weighted by Crippen LogP contribution is -2.12. The van der Waals surface area contributed by atoms with Gasteiger partial charge >= 0.3 is 0 Å². The molecule has 0 aliphatic carbocycles. The normalized spacial score (nSPS) is 10.3. The first-order valence-corrected chi connectivity index (χ1v) is 7.15. The second-order valence-electron chi connectivity index (χ2n) is 3.71. The summed E-state index contributed by atoms with van der Waals surface area (Å²) in [7, 11) is 0. The third-order valence-electron chi connectivity index (χ3n) is 2.36. The van der Waals surface area contributed by atoms with E-state index in [1.54, 1.807) is 18.2 Å². The van der Waals surface area contributed by atoms with Crippen molar-refractivity contribution in [2.75, 3.05) is 5.32 Å². The Morgan fingerprint density at radius 3 is 2.53 bits per heavy atom. The minimum atomic E-state index is -0.491. The zero-order valence-electron chi connectivity index (χ0n) is 9.38. The number of rotatable bonds is 2. The fourth-order valence-electron chi connectivity index (χ4n) is 1.42. The molecule has 1 amide bonds. The number of anilines is 1. The number of amides is 1. The van der Waals surface area contributed by atoms with Crippen LogP contribution in [0.4, 0.5) is 10.1 Å². The second kappa shape index (κ2) is 6.03. The van der Waals surface area contributed by atoms with E-state index in [4.69, 9.17) is 11.6 Å². The fraction of sp³-hybridized carbons (Fsp3) is 0. The van der Waals surface area contributed by atoms with Gasteiger partial charge in [-0.25, -0.2) is 4.39 Å². The topological polar surface area (TPSA) is 29.1 Å². The van der Waals surface area contributed by atoms with E-state index >= 15 is 0 Å². The predicted octanol–water partition coefficient (Wildman–Crippen LogP) is 5.26. The molecule has 0 radical (unpaired) electrons. The van der Waals surface area contributed by atoms with E-state index in [0.29, 0.717) is 15.2 Å². The Morgan fingerprint density at radius 2 is 1.89 bits per heavy atom. The number of carbonyl (C=O) groups is 1. The quantitative estimate of drug-likeness (QED) is 0.723. The van der Waals surface area contributed by atoms with E-state index in [2.05, 4.69) is 37.2 Å². The SMILES string of the molecule is O=C(Nc1ccc(Br)cc1Cl)c1ccc(Br)c(F)c1. The molecule has 19 heavy (non-hydrogen) atoms. The summed E-state index contributed by atoms with van der Waals surface area (Å²) < 4.78 is 14.5. The predicted molar refractivity (Wildman–Crippen MR) is 81.2 cm³/mol. The van der Waals surface area contributed by atoms with Crippen LogP contribution in [0.1, 0.15) is 10.4 Å². The monoisotopic (exact) mass is 405 g/mol. The van der Waals surface area contributed by atoms with Crippen LogP contribution >= 0.6 is 43.5 Å². The van der Waals surface area contributed by atoms with Crippen molar-refractivity contribution in [3.8, 4) is 0 Å². The molecule has 1 N–H and O–H groups in total. The van der Waals surface area contributed by atoms with Gasteiger partial charge in [0.1, 0.15) is 5.82 Å². The molecule has 6 heteroatoms. The van der Waals surface area contributed by atoms with Crippen molar-refractivity contribution in [2.24, 2.45) is 0 Å². The number of halogens is 4. The lowest BCUT2D eigenvalue weighted by Gasteiger charge is -2.08. The van der Waals surface area contributed by atoms with Crippen LogP contribution in [0.2, 0.25) is 5.02 Å². The molecule has 0 aliphatic rings. The van der Waals surface area contributed by atoms with Crippen LogP contribution in [-0.2, 0) is 0 Å². The Hall–Kier alpha value is -0.910. The summed E-state index contributed by atoms with van der Waals surface area (Å²) in [5.41, 5.74) is 0.692. The highest BCUT2D eigenvalue weighted by atomic mass is 79.9. The van der Waals surface area contributed by atoms with Crippen LogP contribution in [0.25, 0.3) is 0 Å². The summed E-state index contributed by atoms with van der Waals surface area (Å²) in [5, 5.41) is 3.03.